The summed E-state index contributed by atoms with van der Waals surface area (Å²) in [6, 6.07) is 0. The summed E-state index contributed by atoms with van der Waals surface area (Å²) in [6.45, 7) is 6.39. The first-order valence-corrected chi connectivity index (χ1v) is 12.8. The number of Topliss-reactive ketones (excluding diaryl/α,β-unsaturated/α-hetero) is 1. The molecule has 0 bridgehead atoms. The number of fused-ring (bicyclic) bond motifs is 3. The van der Waals surface area contributed by atoms with E-state index in [2.05, 4.69) is 20.8 Å². The third-order valence-corrected chi connectivity index (χ3v) is 10.1. The van der Waals surface area contributed by atoms with E-state index < -0.39 is 10.8 Å². The van der Waals surface area contributed by atoms with Crippen molar-refractivity contribution in [3.8, 4) is 0 Å². The molecule has 0 saturated heterocycles. The molecule has 34 heavy (non-hydrogen) atoms. The minimum atomic E-state index is -0.490. The Morgan fingerprint density at radius 3 is 2.18 bits per heavy atom. The second-order valence-corrected chi connectivity index (χ2v) is 11.3. The van der Waals surface area contributed by atoms with Gasteiger partial charge in [-0.05, 0) is 73.5 Å². The number of carbonyl (C=O) groups is 4. The number of esters is 3. The lowest BCUT2D eigenvalue weighted by molar-refractivity contribution is -0.171. The Balaban J connectivity index is 1.87. The Bertz CT molecular complexity index is 807. The van der Waals surface area contributed by atoms with E-state index in [1.165, 1.54) is 21.3 Å². The van der Waals surface area contributed by atoms with Crippen LogP contribution in [0, 0.1) is 46.3 Å². The number of ether oxygens (including phenoxy) is 3. The van der Waals surface area contributed by atoms with Gasteiger partial charge >= 0.3 is 17.9 Å². The van der Waals surface area contributed by atoms with Crippen molar-refractivity contribution in [2.75, 3.05) is 21.3 Å². The van der Waals surface area contributed by atoms with Crippen LogP contribution in [-0.2, 0) is 33.4 Å². The van der Waals surface area contributed by atoms with Gasteiger partial charge in [0.05, 0.1) is 27.2 Å². The van der Waals surface area contributed by atoms with E-state index in [0.717, 1.165) is 32.1 Å². The van der Waals surface area contributed by atoms with Gasteiger partial charge in [-0.1, -0.05) is 20.8 Å². The summed E-state index contributed by atoms with van der Waals surface area (Å²) in [5.41, 5.74) is -0.895. The zero-order chi connectivity index (χ0) is 25.3. The highest BCUT2D eigenvalue weighted by molar-refractivity contribution is 5.87. The molecular weight excluding hydrogens is 436 g/mol. The smallest absolute Gasteiger partial charge is 0.309 e. The first kappa shape index (κ1) is 26.7. The Morgan fingerprint density at radius 1 is 0.912 bits per heavy atom. The van der Waals surface area contributed by atoms with Gasteiger partial charge in [0.1, 0.15) is 5.78 Å². The highest BCUT2D eigenvalue weighted by Crippen LogP contribution is 2.66. The molecule has 3 fully saturated rings. The van der Waals surface area contributed by atoms with Crippen LogP contribution >= 0.6 is 0 Å². The summed E-state index contributed by atoms with van der Waals surface area (Å²) in [5, 5.41) is 0. The van der Waals surface area contributed by atoms with Crippen LogP contribution in [0.4, 0.5) is 0 Å². The van der Waals surface area contributed by atoms with E-state index in [-0.39, 0.29) is 59.7 Å². The van der Waals surface area contributed by atoms with Gasteiger partial charge < -0.3 is 14.2 Å². The minimum absolute atomic E-state index is 0.0460. The lowest BCUT2D eigenvalue weighted by atomic mass is 9.45. The van der Waals surface area contributed by atoms with Crippen molar-refractivity contribution in [2.45, 2.75) is 78.6 Å². The second-order valence-electron chi connectivity index (χ2n) is 11.3. The summed E-state index contributed by atoms with van der Waals surface area (Å²) in [5.74, 6) is 0.365. The van der Waals surface area contributed by atoms with Crippen LogP contribution in [0.1, 0.15) is 78.6 Å². The van der Waals surface area contributed by atoms with Gasteiger partial charge in [0.2, 0.25) is 0 Å². The third kappa shape index (κ3) is 4.51. The predicted octanol–water partition coefficient (Wildman–Crippen LogP) is 4.36. The molecule has 0 spiro atoms. The van der Waals surface area contributed by atoms with E-state index in [1.54, 1.807) is 0 Å². The predicted molar refractivity (Wildman–Crippen MR) is 125 cm³/mol. The number of hydrogen-bond acceptors (Lipinski definition) is 7. The fourth-order valence-electron chi connectivity index (χ4n) is 8.12. The molecule has 7 nitrogen and oxygen atoms in total. The number of hydrogen-bond donors (Lipinski definition) is 0. The maximum absolute atomic E-state index is 13.9. The maximum Gasteiger partial charge on any atom is 0.309 e. The number of carbonyl (C=O) groups excluding carboxylic acids is 4. The topological polar surface area (TPSA) is 96.0 Å². The third-order valence-electron chi connectivity index (χ3n) is 10.1. The Hall–Kier alpha value is -1.92. The van der Waals surface area contributed by atoms with Crippen LogP contribution in [0.3, 0.4) is 0 Å². The summed E-state index contributed by atoms with van der Waals surface area (Å²) in [6.07, 6.45) is 5.87. The highest BCUT2D eigenvalue weighted by Gasteiger charge is 2.64. The van der Waals surface area contributed by atoms with Crippen molar-refractivity contribution < 1.29 is 33.4 Å². The maximum atomic E-state index is 13.9. The molecule has 3 aliphatic carbocycles. The summed E-state index contributed by atoms with van der Waals surface area (Å²) < 4.78 is 14.9. The standard InChI is InChI=1S/C27H42O7/c1-16(7-12-23(29)32-4)18-10-11-19-17-8-9-20(25(31)34-6)26(2,14-13-24(30)33-5)21(17)15-22(28)27(18,19)3/h16-21H,7-15H2,1-6H3/t16-,17+,18+,19-,20-,21-,26+,27+/m1/s1. The molecular formula is C27H42O7. The van der Waals surface area contributed by atoms with Crippen molar-refractivity contribution in [3.05, 3.63) is 0 Å². The van der Waals surface area contributed by atoms with E-state index in [0.29, 0.717) is 25.2 Å². The van der Waals surface area contributed by atoms with Crippen molar-refractivity contribution >= 4 is 23.7 Å². The number of ketones is 1. The fraction of sp³-hybridized carbons (Fsp3) is 0.852. The SMILES string of the molecule is COC(=O)CC[C@@H](C)[C@@H]1CC[C@@H]2[C@@H]3CC[C@H](C(=O)OC)[C@](C)(CCC(=O)OC)[C@@H]3CC(=O)[C@]21C. The molecule has 0 aliphatic heterocycles. The summed E-state index contributed by atoms with van der Waals surface area (Å²) in [4.78, 5) is 50.4. The molecule has 3 saturated carbocycles. The molecule has 0 aromatic heterocycles. The molecule has 3 rings (SSSR count). The van der Waals surface area contributed by atoms with Crippen LogP contribution in [-0.4, -0.2) is 45.0 Å². The largest absolute Gasteiger partial charge is 0.469 e. The molecule has 0 aromatic rings. The molecule has 0 radical (unpaired) electrons. The van der Waals surface area contributed by atoms with Gasteiger partial charge in [-0.15, -0.1) is 0 Å². The summed E-state index contributed by atoms with van der Waals surface area (Å²) in [7, 11) is 4.20. The molecule has 0 aromatic carbocycles. The molecule has 3 aliphatic rings. The average Bonchev–Trinajstić information content (AvgIpc) is 3.20. The van der Waals surface area contributed by atoms with Crippen molar-refractivity contribution in [1.82, 2.24) is 0 Å². The molecule has 192 valence electrons. The molecule has 0 amide bonds. The molecule has 7 heteroatoms. The zero-order valence-corrected chi connectivity index (χ0v) is 21.7. The van der Waals surface area contributed by atoms with Crippen molar-refractivity contribution in [2.24, 2.45) is 46.3 Å². The quantitative estimate of drug-likeness (QED) is 0.378. The normalized spacial score (nSPS) is 37.8. The second kappa shape index (κ2) is 10.4. The minimum Gasteiger partial charge on any atom is -0.469 e. The van der Waals surface area contributed by atoms with Crippen LogP contribution in [0.5, 0.6) is 0 Å². The first-order valence-electron chi connectivity index (χ1n) is 12.8. The van der Waals surface area contributed by atoms with E-state index in [4.69, 9.17) is 14.2 Å². The van der Waals surface area contributed by atoms with Crippen LogP contribution in [0.15, 0.2) is 0 Å². The summed E-state index contributed by atoms with van der Waals surface area (Å²) >= 11 is 0. The van der Waals surface area contributed by atoms with Crippen molar-refractivity contribution in [3.63, 3.8) is 0 Å². The molecule has 0 unspecified atom stereocenters. The van der Waals surface area contributed by atoms with Crippen LogP contribution in [0.25, 0.3) is 0 Å². The first-order chi connectivity index (χ1) is 16.0. The number of rotatable bonds is 8. The lowest BCUT2D eigenvalue weighted by Crippen LogP contribution is -2.57. The zero-order valence-electron chi connectivity index (χ0n) is 21.7. The fourth-order valence-corrected chi connectivity index (χ4v) is 8.12. The van der Waals surface area contributed by atoms with Gasteiger partial charge in [-0.2, -0.15) is 0 Å². The van der Waals surface area contributed by atoms with E-state index in [9.17, 15) is 19.2 Å². The van der Waals surface area contributed by atoms with Crippen LogP contribution < -0.4 is 0 Å². The number of methoxy groups -OCH3 is 3. The molecule has 0 N–H and O–H groups in total. The van der Waals surface area contributed by atoms with Gasteiger partial charge in [-0.25, -0.2) is 0 Å². The van der Waals surface area contributed by atoms with Gasteiger partial charge in [-0.3, -0.25) is 19.2 Å². The lowest BCUT2D eigenvalue weighted by Gasteiger charge is -2.58. The molecule has 0 heterocycles. The average molecular weight is 479 g/mol. The van der Waals surface area contributed by atoms with Gasteiger partial charge in [0.25, 0.3) is 0 Å². The molecule has 8 atom stereocenters. The van der Waals surface area contributed by atoms with E-state index >= 15 is 0 Å². The van der Waals surface area contributed by atoms with Gasteiger partial charge in [0.15, 0.2) is 0 Å². The Labute approximate surface area is 203 Å². The monoisotopic (exact) mass is 478 g/mol. The van der Waals surface area contributed by atoms with Crippen LogP contribution in [0.2, 0.25) is 0 Å². The Kier molecular flexibility index (Phi) is 8.14. The van der Waals surface area contributed by atoms with E-state index in [1.807, 2.05) is 0 Å². The van der Waals surface area contributed by atoms with Crippen molar-refractivity contribution in [1.29, 1.82) is 0 Å². The van der Waals surface area contributed by atoms with Gasteiger partial charge in [0, 0.05) is 24.7 Å². The highest BCUT2D eigenvalue weighted by atomic mass is 16.5. The Morgan fingerprint density at radius 2 is 1.56 bits per heavy atom.